The van der Waals surface area contributed by atoms with Gasteiger partial charge in [-0.05, 0) is 38.3 Å². The second-order valence-electron chi connectivity index (χ2n) is 5.35. The third-order valence-corrected chi connectivity index (χ3v) is 4.49. The molecule has 2 unspecified atom stereocenters. The summed E-state index contributed by atoms with van der Waals surface area (Å²) in [5.74, 6) is -0.245. The van der Waals surface area contributed by atoms with Crippen molar-refractivity contribution in [3.63, 3.8) is 0 Å². The minimum atomic E-state index is -0.700. The molecular formula is C15H18Cl2N4O2. The number of hydrogen-bond donors (Lipinski definition) is 2. The monoisotopic (exact) mass is 356 g/mol. The van der Waals surface area contributed by atoms with E-state index >= 15 is 0 Å². The SMILES string of the molecule is Cc1nc(C(N)=O)nn1C(CCc1cccc(Cl)c1Cl)C(C)O. The Morgan fingerprint density at radius 3 is 2.70 bits per heavy atom. The standard InChI is InChI=1S/C15H18Cl2N4O2/c1-8(22)12(21-9(2)19-15(20-21)14(18)23)7-6-10-4-3-5-11(16)13(10)17/h3-5,8,12,22H,6-7H2,1-2H3,(H2,18,23). The van der Waals surface area contributed by atoms with E-state index in [9.17, 15) is 9.90 Å². The molecule has 2 aromatic rings. The van der Waals surface area contributed by atoms with Crippen molar-refractivity contribution < 1.29 is 9.90 Å². The van der Waals surface area contributed by atoms with E-state index in [0.717, 1.165) is 5.56 Å². The summed E-state index contributed by atoms with van der Waals surface area (Å²) in [6.07, 6.45) is 0.467. The molecule has 3 N–H and O–H groups in total. The number of primary amides is 1. The summed E-state index contributed by atoms with van der Waals surface area (Å²) in [5.41, 5.74) is 6.09. The van der Waals surface area contributed by atoms with E-state index < -0.39 is 12.0 Å². The lowest BCUT2D eigenvalue weighted by Gasteiger charge is -2.21. The third-order valence-electron chi connectivity index (χ3n) is 3.63. The molecule has 0 saturated heterocycles. The van der Waals surface area contributed by atoms with E-state index in [1.54, 1.807) is 19.9 Å². The molecule has 0 aliphatic carbocycles. The van der Waals surface area contributed by atoms with E-state index in [0.29, 0.717) is 28.7 Å². The summed E-state index contributed by atoms with van der Waals surface area (Å²) in [7, 11) is 0. The van der Waals surface area contributed by atoms with Gasteiger partial charge in [-0.1, -0.05) is 35.3 Å². The number of aryl methyl sites for hydroxylation is 2. The largest absolute Gasteiger partial charge is 0.391 e. The average Bonchev–Trinajstić information content (AvgIpc) is 2.85. The first kappa shape index (κ1) is 17.7. The molecule has 1 amide bonds. The van der Waals surface area contributed by atoms with Crippen molar-refractivity contribution >= 4 is 29.1 Å². The number of halogens is 2. The number of carbonyl (C=O) groups excluding carboxylic acids is 1. The van der Waals surface area contributed by atoms with Gasteiger partial charge in [-0.25, -0.2) is 9.67 Å². The Hall–Kier alpha value is -1.63. The number of amides is 1. The fourth-order valence-electron chi connectivity index (χ4n) is 2.43. The van der Waals surface area contributed by atoms with Gasteiger partial charge >= 0.3 is 0 Å². The number of hydrogen-bond acceptors (Lipinski definition) is 4. The minimum absolute atomic E-state index is 0.0612. The van der Waals surface area contributed by atoms with Gasteiger partial charge in [-0.15, -0.1) is 5.10 Å². The van der Waals surface area contributed by atoms with Gasteiger partial charge < -0.3 is 10.8 Å². The number of aliphatic hydroxyl groups excluding tert-OH is 1. The Morgan fingerprint density at radius 2 is 2.13 bits per heavy atom. The van der Waals surface area contributed by atoms with Gasteiger partial charge in [0.1, 0.15) is 5.82 Å². The topological polar surface area (TPSA) is 94.0 Å². The second-order valence-corrected chi connectivity index (χ2v) is 6.14. The zero-order valence-corrected chi connectivity index (χ0v) is 14.3. The van der Waals surface area contributed by atoms with Crippen LogP contribution < -0.4 is 5.73 Å². The van der Waals surface area contributed by atoms with Gasteiger partial charge in [0.2, 0.25) is 5.82 Å². The Morgan fingerprint density at radius 1 is 1.43 bits per heavy atom. The lowest BCUT2D eigenvalue weighted by molar-refractivity contribution is 0.0982. The average molecular weight is 357 g/mol. The highest BCUT2D eigenvalue weighted by Gasteiger charge is 2.23. The van der Waals surface area contributed by atoms with Gasteiger partial charge in [-0.2, -0.15) is 0 Å². The van der Waals surface area contributed by atoms with Crippen LogP contribution in [0.1, 0.15) is 41.4 Å². The van der Waals surface area contributed by atoms with Crippen LogP contribution in [0, 0.1) is 6.92 Å². The maximum atomic E-state index is 11.2. The van der Waals surface area contributed by atoms with Gasteiger partial charge in [0.15, 0.2) is 0 Å². The Balaban J connectivity index is 2.23. The van der Waals surface area contributed by atoms with Crippen molar-refractivity contribution in [1.29, 1.82) is 0 Å². The zero-order chi connectivity index (χ0) is 17.1. The van der Waals surface area contributed by atoms with Crippen molar-refractivity contribution in [2.24, 2.45) is 5.73 Å². The van der Waals surface area contributed by atoms with Crippen LogP contribution in [0.25, 0.3) is 0 Å². The third kappa shape index (κ3) is 4.02. The lowest BCUT2D eigenvalue weighted by atomic mass is 10.0. The van der Waals surface area contributed by atoms with Crippen molar-refractivity contribution in [2.75, 3.05) is 0 Å². The summed E-state index contributed by atoms with van der Waals surface area (Å²) in [6.45, 7) is 3.37. The first-order valence-electron chi connectivity index (χ1n) is 7.15. The first-order chi connectivity index (χ1) is 10.8. The number of aromatic nitrogens is 3. The number of nitrogens with two attached hydrogens (primary N) is 1. The van der Waals surface area contributed by atoms with E-state index in [-0.39, 0.29) is 11.9 Å². The van der Waals surface area contributed by atoms with Gasteiger partial charge in [0.05, 0.1) is 22.2 Å². The van der Waals surface area contributed by atoms with Crippen LogP contribution in [0.15, 0.2) is 18.2 Å². The van der Waals surface area contributed by atoms with Crippen LogP contribution >= 0.6 is 23.2 Å². The number of aliphatic hydroxyl groups is 1. The molecule has 6 nitrogen and oxygen atoms in total. The Labute approximate surface area is 144 Å². The number of rotatable bonds is 6. The molecule has 0 saturated carbocycles. The maximum Gasteiger partial charge on any atom is 0.288 e. The molecule has 0 radical (unpaired) electrons. The molecule has 1 aromatic heterocycles. The fraction of sp³-hybridized carbons (Fsp3) is 0.400. The van der Waals surface area contributed by atoms with Crippen LogP contribution in [-0.2, 0) is 6.42 Å². The lowest BCUT2D eigenvalue weighted by Crippen LogP contribution is -2.25. The molecule has 1 heterocycles. The van der Waals surface area contributed by atoms with Crippen LogP contribution in [-0.4, -0.2) is 31.9 Å². The summed E-state index contributed by atoms with van der Waals surface area (Å²) >= 11 is 12.2. The van der Waals surface area contributed by atoms with Crippen LogP contribution in [0.2, 0.25) is 10.0 Å². The Bertz CT molecular complexity index is 715. The number of nitrogens with zero attached hydrogens (tertiary/aromatic N) is 3. The van der Waals surface area contributed by atoms with Crippen molar-refractivity contribution in [1.82, 2.24) is 14.8 Å². The summed E-state index contributed by atoms with van der Waals surface area (Å²) in [5, 5.41) is 15.2. The van der Waals surface area contributed by atoms with E-state index in [1.165, 1.54) is 4.68 Å². The molecule has 1 aromatic carbocycles. The molecule has 23 heavy (non-hydrogen) atoms. The smallest absolute Gasteiger partial charge is 0.288 e. The summed E-state index contributed by atoms with van der Waals surface area (Å²) in [4.78, 5) is 15.2. The molecule has 2 atom stereocenters. The van der Waals surface area contributed by atoms with Crippen LogP contribution in [0.4, 0.5) is 0 Å². The number of benzene rings is 1. The Kier molecular flexibility index (Phi) is 5.62. The molecule has 0 fully saturated rings. The van der Waals surface area contributed by atoms with Gasteiger partial charge in [0.25, 0.3) is 5.91 Å². The predicted octanol–water partition coefficient (Wildman–Crippen LogP) is 2.55. The molecular weight excluding hydrogens is 339 g/mol. The van der Waals surface area contributed by atoms with Crippen LogP contribution in [0.3, 0.4) is 0 Å². The summed E-state index contributed by atoms with van der Waals surface area (Å²) in [6, 6.07) is 5.08. The molecule has 0 aliphatic heterocycles. The maximum absolute atomic E-state index is 11.2. The minimum Gasteiger partial charge on any atom is -0.391 e. The van der Waals surface area contributed by atoms with Crippen LogP contribution in [0.5, 0.6) is 0 Å². The van der Waals surface area contributed by atoms with Crippen molar-refractivity contribution in [2.45, 2.75) is 38.8 Å². The molecule has 0 bridgehead atoms. The molecule has 0 aliphatic rings. The van der Waals surface area contributed by atoms with Gasteiger partial charge in [-0.3, -0.25) is 4.79 Å². The van der Waals surface area contributed by atoms with Gasteiger partial charge in [0, 0.05) is 0 Å². The fourth-order valence-corrected chi connectivity index (χ4v) is 2.85. The number of carbonyl (C=O) groups is 1. The molecule has 124 valence electrons. The predicted molar refractivity (Wildman–Crippen MR) is 88.8 cm³/mol. The molecule has 8 heteroatoms. The highest BCUT2D eigenvalue weighted by Crippen LogP contribution is 2.28. The van der Waals surface area contributed by atoms with E-state index in [1.807, 2.05) is 12.1 Å². The zero-order valence-electron chi connectivity index (χ0n) is 12.8. The molecule has 0 spiro atoms. The summed E-state index contributed by atoms with van der Waals surface area (Å²) < 4.78 is 1.53. The highest BCUT2D eigenvalue weighted by molar-refractivity contribution is 6.42. The molecule has 2 rings (SSSR count). The van der Waals surface area contributed by atoms with E-state index in [2.05, 4.69) is 10.1 Å². The quantitative estimate of drug-likeness (QED) is 0.831. The van der Waals surface area contributed by atoms with Crippen molar-refractivity contribution in [3.05, 3.63) is 45.5 Å². The highest BCUT2D eigenvalue weighted by atomic mass is 35.5. The van der Waals surface area contributed by atoms with Crippen molar-refractivity contribution in [3.8, 4) is 0 Å². The second kappa shape index (κ2) is 7.29. The first-order valence-corrected chi connectivity index (χ1v) is 7.90. The normalized spacial score (nSPS) is 13.8. The van der Waals surface area contributed by atoms with E-state index in [4.69, 9.17) is 28.9 Å².